The first-order valence-electron chi connectivity index (χ1n) is 13.0. The lowest BCUT2D eigenvalue weighted by Crippen LogP contribution is -2.45. The van der Waals surface area contributed by atoms with E-state index in [1.165, 1.54) is 11.1 Å². The number of hydrogen-bond donors (Lipinski definition) is 2. The molecule has 1 saturated carbocycles. The second-order valence-corrected chi connectivity index (χ2v) is 9.65. The minimum absolute atomic E-state index is 0.129. The summed E-state index contributed by atoms with van der Waals surface area (Å²) in [7, 11) is 1.57. The van der Waals surface area contributed by atoms with Crippen LogP contribution >= 0.6 is 0 Å². The monoisotopic (exact) mass is 500 g/mol. The third-order valence-corrected chi connectivity index (χ3v) is 7.24. The van der Waals surface area contributed by atoms with Gasteiger partial charge in [0.05, 0.1) is 12.7 Å². The SMILES string of the molecule is COc1ccccc1C(=O)NCC1(c2ccccc2)CCC(OC(=O)NCCCc2ccccc2)CC1. The summed E-state index contributed by atoms with van der Waals surface area (Å²) < 4.78 is 11.1. The van der Waals surface area contributed by atoms with Crippen LogP contribution in [0.1, 0.15) is 53.6 Å². The van der Waals surface area contributed by atoms with Gasteiger partial charge in [-0.25, -0.2) is 4.79 Å². The number of para-hydroxylation sites is 1. The molecule has 2 amide bonds. The molecular formula is C31H36N2O4. The fourth-order valence-corrected chi connectivity index (χ4v) is 5.12. The number of rotatable bonds is 10. The molecule has 4 rings (SSSR count). The molecule has 1 aliphatic carbocycles. The first-order valence-corrected chi connectivity index (χ1v) is 13.0. The van der Waals surface area contributed by atoms with E-state index in [0.29, 0.717) is 24.4 Å². The maximum Gasteiger partial charge on any atom is 0.407 e. The molecular weight excluding hydrogens is 464 g/mol. The number of hydrogen-bond acceptors (Lipinski definition) is 4. The number of ether oxygens (including phenoxy) is 2. The second kappa shape index (κ2) is 12.9. The van der Waals surface area contributed by atoms with E-state index in [9.17, 15) is 9.59 Å². The van der Waals surface area contributed by atoms with Crippen molar-refractivity contribution in [1.82, 2.24) is 10.6 Å². The quantitative estimate of drug-likeness (QED) is 0.352. The Labute approximate surface area is 219 Å². The van der Waals surface area contributed by atoms with Crippen molar-refractivity contribution in [2.24, 2.45) is 0 Å². The Morgan fingerprint density at radius 1 is 0.865 bits per heavy atom. The molecule has 0 aromatic heterocycles. The van der Waals surface area contributed by atoms with Crippen molar-refractivity contribution in [3.63, 3.8) is 0 Å². The Hall–Kier alpha value is -3.80. The van der Waals surface area contributed by atoms with Gasteiger partial charge in [0.1, 0.15) is 11.9 Å². The molecule has 6 heteroatoms. The second-order valence-electron chi connectivity index (χ2n) is 9.65. The summed E-state index contributed by atoms with van der Waals surface area (Å²) in [5, 5.41) is 6.04. The smallest absolute Gasteiger partial charge is 0.407 e. The molecule has 37 heavy (non-hydrogen) atoms. The van der Waals surface area contributed by atoms with Gasteiger partial charge in [0, 0.05) is 18.5 Å². The summed E-state index contributed by atoms with van der Waals surface area (Å²) in [5.74, 6) is 0.404. The molecule has 0 bridgehead atoms. The molecule has 0 unspecified atom stereocenters. The van der Waals surface area contributed by atoms with E-state index in [4.69, 9.17) is 9.47 Å². The highest BCUT2D eigenvalue weighted by Gasteiger charge is 2.38. The number of methoxy groups -OCH3 is 1. The summed E-state index contributed by atoms with van der Waals surface area (Å²) in [4.78, 5) is 25.4. The third kappa shape index (κ3) is 7.13. The summed E-state index contributed by atoms with van der Waals surface area (Å²) >= 11 is 0. The summed E-state index contributed by atoms with van der Waals surface area (Å²) in [5.41, 5.74) is 2.76. The predicted octanol–water partition coefficient (Wildman–Crippen LogP) is 5.66. The number of carbonyl (C=O) groups is 2. The third-order valence-electron chi connectivity index (χ3n) is 7.24. The van der Waals surface area contributed by atoms with Crippen molar-refractivity contribution in [3.05, 3.63) is 102 Å². The van der Waals surface area contributed by atoms with Gasteiger partial charge >= 0.3 is 6.09 Å². The Kier molecular flexibility index (Phi) is 9.19. The van der Waals surface area contributed by atoms with E-state index < -0.39 is 0 Å². The van der Waals surface area contributed by atoms with Crippen molar-refractivity contribution in [1.29, 1.82) is 0 Å². The molecule has 0 spiro atoms. The Balaban J connectivity index is 1.30. The summed E-state index contributed by atoms with van der Waals surface area (Å²) in [6.45, 7) is 1.09. The standard InChI is InChI=1S/C31H36N2O4/c1-36-28-17-9-8-16-27(28)29(34)33-23-31(25-14-6-3-7-15-25)20-18-26(19-21-31)37-30(35)32-22-10-13-24-11-4-2-5-12-24/h2-9,11-12,14-17,26H,10,13,18-23H2,1H3,(H,32,35)(H,33,34). The van der Waals surface area contributed by atoms with E-state index in [-0.39, 0.29) is 23.5 Å². The van der Waals surface area contributed by atoms with Gasteiger partial charge in [-0.3, -0.25) is 4.79 Å². The minimum Gasteiger partial charge on any atom is -0.496 e. The molecule has 3 aromatic rings. The molecule has 0 heterocycles. The number of carbonyl (C=O) groups excluding carboxylic acids is 2. The Morgan fingerprint density at radius 2 is 1.51 bits per heavy atom. The van der Waals surface area contributed by atoms with E-state index in [1.54, 1.807) is 19.2 Å². The minimum atomic E-state index is -0.352. The summed E-state index contributed by atoms with van der Waals surface area (Å²) in [6.07, 6.45) is 4.43. The van der Waals surface area contributed by atoms with Gasteiger partial charge < -0.3 is 20.1 Å². The van der Waals surface area contributed by atoms with Crippen LogP contribution in [0, 0.1) is 0 Å². The van der Waals surface area contributed by atoms with E-state index >= 15 is 0 Å². The number of alkyl carbamates (subject to hydrolysis) is 1. The maximum absolute atomic E-state index is 13.0. The van der Waals surface area contributed by atoms with E-state index in [0.717, 1.165) is 38.5 Å². The molecule has 0 radical (unpaired) electrons. The van der Waals surface area contributed by atoms with Gasteiger partial charge in [-0.1, -0.05) is 72.8 Å². The van der Waals surface area contributed by atoms with Crippen molar-refractivity contribution in [3.8, 4) is 5.75 Å². The van der Waals surface area contributed by atoms with Gasteiger partial charge in [-0.15, -0.1) is 0 Å². The van der Waals surface area contributed by atoms with Crippen LogP contribution in [0.4, 0.5) is 4.79 Å². The van der Waals surface area contributed by atoms with E-state index in [1.807, 2.05) is 48.5 Å². The molecule has 194 valence electrons. The van der Waals surface area contributed by atoms with Crippen molar-refractivity contribution in [2.45, 2.75) is 50.0 Å². The average Bonchev–Trinajstić information content (AvgIpc) is 2.96. The molecule has 2 N–H and O–H groups in total. The molecule has 1 aliphatic rings. The topological polar surface area (TPSA) is 76.7 Å². The fourth-order valence-electron chi connectivity index (χ4n) is 5.12. The van der Waals surface area contributed by atoms with Crippen LogP contribution in [-0.4, -0.2) is 38.3 Å². The summed E-state index contributed by atoms with van der Waals surface area (Å²) in [6, 6.07) is 27.8. The molecule has 3 aromatic carbocycles. The molecule has 0 aliphatic heterocycles. The largest absolute Gasteiger partial charge is 0.496 e. The predicted molar refractivity (Wildman–Crippen MR) is 145 cm³/mol. The van der Waals surface area contributed by atoms with Crippen LogP contribution < -0.4 is 15.4 Å². The highest BCUT2D eigenvalue weighted by molar-refractivity contribution is 5.97. The number of aryl methyl sites for hydroxylation is 1. The van der Waals surface area contributed by atoms with Gasteiger partial charge in [-0.2, -0.15) is 0 Å². The zero-order chi connectivity index (χ0) is 25.9. The molecule has 6 nitrogen and oxygen atoms in total. The lowest BCUT2D eigenvalue weighted by atomic mass is 9.68. The molecule has 0 saturated heterocycles. The van der Waals surface area contributed by atoms with Crippen LogP contribution in [0.3, 0.4) is 0 Å². The lowest BCUT2D eigenvalue weighted by Gasteiger charge is -2.40. The van der Waals surface area contributed by atoms with E-state index in [2.05, 4.69) is 34.9 Å². The van der Waals surface area contributed by atoms with Gasteiger partial charge in [0.15, 0.2) is 0 Å². The molecule has 1 fully saturated rings. The molecule has 0 atom stereocenters. The average molecular weight is 501 g/mol. The normalized spacial score (nSPS) is 19.0. The highest BCUT2D eigenvalue weighted by atomic mass is 16.6. The fraction of sp³-hybridized carbons (Fsp3) is 0.355. The Morgan fingerprint density at radius 3 is 2.22 bits per heavy atom. The van der Waals surface area contributed by atoms with Gasteiger partial charge in [0.25, 0.3) is 5.91 Å². The van der Waals surface area contributed by atoms with Crippen LogP contribution in [0.15, 0.2) is 84.9 Å². The first-order chi connectivity index (χ1) is 18.1. The highest BCUT2D eigenvalue weighted by Crippen LogP contribution is 2.40. The maximum atomic E-state index is 13.0. The zero-order valence-corrected chi connectivity index (χ0v) is 21.5. The van der Waals surface area contributed by atoms with Crippen LogP contribution in [0.2, 0.25) is 0 Å². The van der Waals surface area contributed by atoms with Gasteiger partial charge in [-0.05, 0) is 61.8 Å². The van der Waals surface area contributed by atoms with Crippen molar-refractivity contribution < 1.29 is 19.1 Å². The first kappa shape index (κ1) is 26.3. The number of benzene rings is 3. The number of nitrogens with one attached hydrogen (secondary N) is 2. The Bertz CT molecular complexity index is 1140. The van der Waals surface area contributed by atoms with Crippen LogP contribution in [0.25, 0.3) is 0 Å². The lowest BCUT2D eigenvalue weighted by molar-refractivity contribution is 0.0565. The van der Waals surface area contributed by atoms with Crippen LogP contribution in [-0.2, 0) is 16.6 Å². The van der Waals surface area contributed by atoms with Crippen molar-refractivity contribution in [2.75, 3.05) is 20.2 Å². The van der Waals surface area contributed by atoms with Gasteiger partial charge in [0.2, 0.25) is 0 Å². The zero-order valence-electron chi connectivity index (χ0n) is 21.5. The van der Waals surface area contributed by atoms with Crippen molar-refractivity contribution >= 4 is 12.0 Å². The van der Waals surface area contributed by atoms with Crippen LogP contribution in [0.5, 0.6) is 5.75 Å². The number of amides is 2.